The second-order valence-electron chi connectivity index (χ2n) is 5.23. The van der Waals surface area contributed by atoms with Crippen molar-refractivity contribution in [2.24, 2.45) is 5.73 Å². The van der Waals surface area contributed by atoms with E-state index in [-0.39, 0.29) is 18.3 Å². The fraction of sp³-hybridized carbons (Fsp3) is 0.333. The van der Waals surface area contributed by atoms with Crippen molar-refractivity contribution in [2.45, 2.75) is 18.4 Å². The Morgan fingerprint density at radius 3 is 2.73 bits per heavy atom. The number of carbonyl (C=O) groups is 1. The molecule has 5 nitrogen and oxygen atoms in total. The van der Waals surface area contributed by atoms with Crippen molar-refractivity contribution in [3.63, 3.8) is 0 Å². The van der Waals surface area contributed by atoms with Gasteiger partial charge in [-0.3, -0.25) is 4.79 Å². The molecule has 1 aromatic carbocycles. The van der Waals surface area contributed by atoms with E-state index >= 15 is 0 Å². The predicted molar refractivity (Wildman–Crippen MR) is 92.3 cm³/mol. The number of fused-ring (bicyclic) bond motifs is 1. The minimum absolute atomic E-state index is 0. The molecule has 2 aromatic rings. The second-order valence-corrected chi connectivity index (χ2v) is 6.09. The number of carbonyl (C=O) groups excluding carboxylic acids is 1. The van der Waals surface area contributed by atoms with Crippen LogP contribution in [0, 0.1) is 0 Å². The molecule has 118 valence electrons. The van der Waals surface area contributed by atoms with E-state index in [9.17, 15) is 4.79 Å². The third-order valence-electron chi connectivity index (χ3n) is 3.75. The number of rotatable bonds is 2. The average molecular weight is 387 g/mol. The lowest BCUT2D eigenvalue weighted by atomic mass is 9.90. The zero-order valence-electron chi connectivity index (χ0n) is 11.8. The van der Waals surface area contributed by atoms with Gasteiger partial charge in [0.15, 0.2) is 0 Å². The van der Waals surface area contributed by atoms with Gasteiger partial charge in [0, 0.05) is 23.1 Å². The molecule has 0 unspecified atom stereocenters. The zero-order chi connectivity index (χ0) is 14.9. The van der Waals surface area contributed by atoms with E-state index in [0.717, 1.165) is 15.4 Å². The van der Waals surface area contributed by atoms with E-state index in [1.165, 1.54) is 0 Å². The number of anilines is 1. The smallest absolute Gasteiger partial charge is 0.245 e. The lowest BCUT2D eigenvalue weighted by molar-refractivity contribution is -0.124. The molecule has 0 atom stereocenters. The highest BCUT2D eigenvalue weighted by molar-refractivity contribution is 9.10. The first kappa shape index (κ1) is 17.1. The van der Waals surface area contributed by atoms with Gasteiger partial charge >= 0.3 is 0 Å². The maximum absolute atomic E-state index is 12.4. The van der Waals surface area contributed by atoms with Crippen molar-refractivity contribution >= 4 is 51.0 Å². The molecule has 1 saturated heterocycles. The minimum atomic E-state index is -0.872. The van der Waals surface area contributed by atoms with Gasteiger partial charge in [-0.1, -0.05) is 12.1 Å². The van der Waals surface area contributed by atoms with Crippen LogP contribution in [0.15, 0.2) is 34.8 Å². The minimum Gasteiger partial charge on any atom is -0.381 e. The number of aromatic nitrogens is 1. The highest BCUT2D eigenvalue weighted by Crippen LogP contribution is 2.24. The Labute approximate surface area is 143 Å². The van der Waals surface area contributed by atoms with E-state index in [1.54, 1.807) is 6.07 Å². The standard InChI is InChI=1S/C15H16BrN3O2.ClH/c16-11-3-1-2-10-4-5-12(18-13(10)11)19-14(20)15(17)6-8-21-9-7-15;/h1-5H,6-9,17H2,(H,18,19,20);1H. The molecule has 0 radical (unpaired) electrons. The average Bonchev–Trinajstić information content (AvgIpc) is 2.49. The molecule has 0 aliphatic carbocycles. The van der Waals surface area contributed by atoms with Crippen LogP contribution in [0.4, 0.5) is 5.82 Å². The van der Waals surface area contributed by atoms with E-state index in [0.29, 0.717) is 31.9 Å². The maximum Gasteiger partial charge on any atom is 0.245 e. The van der Waals surface area contributed by atoms with Crippen LogP contribution in [0.1, 0.15) is 12.8 Å². The molecule has 0 bridgehead atoms. The van der Waals surface area contributed by atoms with Crippen molar-refractivity contribution in [1.29, 1.82) is 0 Å². The molecule has 7 heteroatoms. The Hall–Kier alpha value is -1.21. The maximum atomic E-state index is 12.4. The quantitative estimate of drug-likeness (QED) is 0.832. The number of pyridine rings is 1. The monoisotopic (exact) mass is 385 g/mol. The Bertz CT molecular complexity index is 690. The number of hydrogen-bond acceptors (Lipinski definition) is 4. The first-order chi connectivity index (χ1) is 10.1. The number of nitrogens with one attached hydrogen (secondary N) is 1. The van der Waals surface area contributed by atoms with Gasteiger partial charge in [-0.25, -0.2) is 4.98 Å². The van der Waals surface area contributed by atoms with Crippen LogP contribution in [0.2, 0.25) is 0 Å². The number of hydrogen-bond donors (Lipinski definition) is 2. The summed E-state index contributed by atoms with van der Waals surface area (Å²) in [6.45, 7) is 1.03. The van der Waals surface area contributed by atoms with Crippen LogP contribution < -0.4 is 11.1 Å². The van der Waals surface area contributed by atoms with E-state index in [1.807, 2.05) is 24.3 Å². The fourth-order valence-electron chi connectivity index (χ4n) is 2.38. The third-order valence-corrected chi connectivity index (χ3v) is 4.39. The molecule has 1 aliphatic heterocycles. The summed E-state index contributed by atoms with van der Waals surface area (Å²) in [5.41, 5.74) is 6.10. The number of ether oxygens (including phenoxy) is 1. The number of benzene rings is 1. The van der Waals surface area contributed by atoms with E-state index in [4.69, 9.17) is 10.5 Å². The predicted octanol–water partition coefficient (Wildman–Crippen LogP) is 2.87. The molecule has 1 aromatic heterocycles. The molecule has 3 N–H and O–H groups in total. The molecule has 1 amide bonds. The largest absolute Gasteiger partial charge is 0.381 e. The molecule has 22 heavy (non-hydrogen) atoms. The lowest BCUT2D eigenvalue weighted by Crippen LogP contribution is -2.54. The second kappa shape index (κ2) is 6.91. The molecule has 0 spiro atoms. The number of halogens is 2. The fourth-order valence-corrected chi connectivity index (χ4v) is 2.85. The lowest BCUT2D eigenvalue weighted by Gasteiger charge is -2.31. The van der Waals surface area contributed by atoms with Crippen LogP contribution in [0.3, 0.4) is 0 Å². The number of amides is 1. The molecule has 1 aliphatic rings. The molecule has 3 rings (SSSR count). The first-order valence-corrected chi connectivity index (χ1v) is 7.61. The summed E-state index contributed by atoms with van der Waals surface area (Å²) in [4.78, 5) is 16.8. The first-order valence-electron chi connectivity index (χ1n) is 6.82. The van der Waals surface area contributed by atoms with Crippen LogP contribution in [-0.2, 0) is 9.53 Å². The molecule has 1 fully saturated rings. The summed E-state index contributed by atoms with van der Waals surface area (Å²) in [7, 11) is 0. The van der Waals surface area contributed by atoms with Crippen LogP contribution in [0.5, 0.6) is 0 Å². The highest BCUT2D eigenvalue weighted by Gasteiger charge is 2.36. The summed E-state index contributed by atoms with van der Waals surface area (Å²) < 4.78 is 6.15. The van der Waals surface area contributed by atoms with Crippen molar-refractivity contribution in [3.8, 4) is 0 Å². The SMILES string of the molecule is Cl.NC1(C(=O)Nc2ccc3cccc(Br)c3n2)CCOCC1. The Kier molecular flexibility index (Phi) is 5.39. The van der Waals surface area contributed by atoms with E-state index in [2.05, 4.69) is 26.2 Å². The number of nitrogens with zero attached hydrogens (tertiary/aromatic N) is 1. The Morgan fingerprint density at radius 2 is 2.00 bits per heavy atom. The summed E-state index contributed by atoms with van der Waals surface area (Å²) in [5, 5.41) is 3.83. The number of para-hydroxylation sites is 1. The Morgan fingerprint density at radius 1 is 1.27 bits per heavy atom. The van der Waals surface area contributed by atoms with Gasteiger partial charge < -0.3 is 15.8 Å². The van der Waals surface area contributed by atoms with Crippen LogP contribution in [0.25, 0.3) is 10.9 Å². The number of nitrogens with two attached hydrogens (primary N) is 1. The topological polar surface area (TPSA) is 77.2 Å². The Balaban J connectivity index is 0.00000176. The van der Waals surface area contributed by atoms with Crippen molar-refractivity contribution < 1.29 is 9.53 Å². The molecule has 2 heterocycles. The summed E-state index contributed by atoms with van der Waals surface area (Å²) in [6, 6.07) is 9.56. The van der Waals surface area contributed by atoms with Crippen LogP contribution in [-0.4, -0.2) is 29.6 Å². The molecular formula is C15H17BrClN3O2. The van der Waals surface area contributed by atoms with Crippen LogP contribution >= 0.6 is 28.3 Å². The van der Waals surface area contributed by atoms with Crippen molar-refractivity contribution in [3.05, 3.63) is 34.8 Å². The van der Waals surface area contributed by atoms with Gasteiger partial charge in [0.2, 0.25) is 5.91 Å². The third kappa shape index (κ3) is 3.41. The van der Waals surface area contributed by atoms with Gasteiger partial charge in [0.1, 0.15) is 11.4 Å². The normalized spacial score (nSPS) is 16.8. The van der Waals surface area contributed by atoms with E-state index < -0.39 is 5.54 Å². The highest BCUT2D eigenvalue weighted by atomic mass is 79.9. The van der Waals surface area contributed by atoms with Gasteiger partial charge in [-0.15, -0.1) is 12.4 Å². The van der Waals surface area contributed by atoms with Gasteiger partial charge in [0.25, 0.3) is 0 Å². The summed E-state index contributed by atoms with van der Waals surface area (Å²) >= 11 is 3.47. The zero-order valence-corrected chi connectivity index (χ0v) is 14.2. The van der Waals surface area contributed by atoms with Gasteiger partial charge in [-0.2, -0.15) is 0 Å². The van der Waals surface area contributed by atoms with Gasteiger partial charge in [0.05, 0.1) is 5.52 Å². The molecule has 0 saturated carbocycles. The van der Waals surface area contributed by atoms with Crippen molar-refractivity contribution in [1.82, 2.24) is 4.98 Å². The summed E-state index contributed by atoms with van der Waals surface area (Å²) in [5.74, 6) is 0.306. The molecular weight excluding hydrogens is 370 g/mol. The van der Waals surface area contributed by atoms with Gasteiger partial charge in [-0.05, 0) is 47.0 Å². The van der Waals surface area contributed by atoms with Crippen molar-refractivity contribution in [2.75, 3.05) is 18.5 Å². The summed E-state index contributed by atoms with van der Waals surface area (Å²) in [6.07, 6.45) is 1.05.